The van der Waals surface area contributed by atoms with E-state index in [4.69, 9.17) is 10.8 Å². The lowest BCUT2D eigenvalue weighted by Gasteiger charge is -2.30. The van der Waals surface area contributed by atoms with Gasteiger partial charge in [-0.05, 0) is 35.7 Å². The lowest BCUT2D eigenvalue weighted by molar-refractivity contribution is 0.189. The molecule has 1 saturated heterocycles. The number of urea groups is 1. The van der Waals surface area contributed by atoms with Gasteiger partial charge in [0.15, 0.2) is 0 Å². The van der Waals surface area contributed by atoms with Gasteiger partial charge in [-0.1, -0.05) is 0 Å². The van der Waals surface area contributed by atoms with Gasteiger partial charge >= 0.3 is 6.03 Å². The molecular formula is C14H20BrN5O2. The van der Waals surface area contributed by atoms with Gasteiger partial charge < -0.3 is 15.7 Å². The quantitative estimate of drug-likeness (QED) is 0.798. The molecule has 0 unspecified atom stereocenters. The number of piperidine rings is 1. The second kappa shape index (κ2) is 7.06. The third kappa shape index (κ3) is 3.07. The van der Waals surface area contributed by atoms with Crippen LogP contribution in [0.5, 0.6) is 0 Å². The third-order valence-electron chi connectivity index (χ3n) is 3.89. The smallest absolute Gasteiger partial charge is 0.314 e. The molecular weight excluding hydrogens is 350 g/mol. The maximum atomic E-state index is 11.2. The first-order valence-corrected chi connectivity index (χ1v) is 7.85. The predicted octanol–water partition coefficient (Wildman–Crippen LogP) is 1.67. The third-order valence-corrected chi connectivity index (χ3v) is 4.45. The van der Waals surface area contributed by atoms with Gasteiger partial charge in [0, 0.05) is 38.5 Å². The molecule has 2 aromatic rings. The molecule has 1 aliphatic heterocycles. The van der Waals surface area contributed by atoms with Gasteiger partial charge in [-0.25, -0.2) is 9.78 Å². The van der Waals surface area contributed by atoms with Crippen molar-refractivity contribution >= 4 is 27.5 Å². The number of aryl methyl sites for hydroxylation is 1. The number of aliphatic hydroxyl groups excluding tert-OH is 1. The SMILES string of the molecule is CO.Cc1nccn2c(C3CCN(C(N)=O)CC3)nc(Br)c12. The van der Waals surface area contributed by atoms with Crippen LogP contribution in [0.4, 0.5) is 4.79 Å². The van der Waals surface area contributed by atoms with E-state index in [1.807, 2.05) is 13.1 Å². The van der Waals surface area contributed by atoms with Gasteiger partial charge in [-0.3, -0.25) is 9.38 Å². The Morgan fingerprint density at radius 3 is 2.64 bits per heavy atom. The summed E-state index contributed by atoms with van der Waals surface area (Å²) in [5.74, 6) is 1.37. The normalized spacial score (nSPS) is 15.5. The number of hydrogen-bond donors (Lipinski definition) is 2. The molecule has 3 heterocycles. The zero-order valence-corrected chi connectivity index (χ0v) is 14.2. The van der Waals surface area contributed by atoms with Gasteiger partial charge in [0.25, 0.3) is 0 Å². The molecule has 0 aliphatic carbocycles. The first-order valence-electron chi connectivity index (χ1n) is 7.06. The molecule has 2 amide bonds. The molecule has 0 radical (unpaired) electrons. The minimum Gasteiger partial charge on any atom is -0.400 e. The number of aliphatic hydroxyl groups is 1. The van der Waals surface area contributed by atoms with Gasteiger partial charge in [-0.2, -0.15) is 0 Å². The van der Waals surface area contributed by atoms with E-state index in [2.05, 4.69) is 30.3 Å². The van der Waals surface area contributed by atoms with Crippen molar-refractivity contribution in [3.63, 3.8) is 0 Å². The highest BCUT2D eigenvalue weighted by Crippen LogP contribution is 2.31. The molecule has 2 aromatic heterocycles. The Bertz CT molecular complexity index is 665. The van der Waals surface area contributed by atoms with Crippen molar-refractivity contribution in [2.24, 2.45) is 5.73 Å². The Morgan fingerprint density at radius 2 is 2.05 bits per heavy atom. The molecule has 0 spiro atoms. The van der Waals surface area contributed by atoms with E-state index in [9.17, 15) is 4.79 Å². The molecule has 1 fully saturated rings. The summed E-state index contributed by atoms with van der Waals surface area (Å²) >= 11 is 3.51. The van der Waals surface area contributed by atoms with Crippen molar-refractivity contribution < 1.29 is 9.90 Å². The standard InChI is InChI=1S/C13H16BrN5O.CH4O/c1-8-10-11(14)17-12(19(10)7-4-16-8)9-2-5-18(6-3-9)13(15)20;1-2/h4,7,9H,2-3,5-6H2,1H3,(H2,15,20);2H,1H3. The zero-order chi connectivity index (χ0) is 16.3. The fraction of sp³-hybridized carbons (Fsp3) is 0.500. The summed E-state index contributed by atoms with van der Waals surface area (Å²) in [7, 11) is 1.00. The maximum absolute atomic E-state index is 11.2. The number of likely N-dealkylation sites (tertiary alicyclic amines) is 1. The minimum absolute atomic E-state index is 0.336. The number of imidazole rings is 1. The summed E-state index contributed by atoms with van der Waals surface area (Å²) in [5, 5.41) is 7.00. The van der Waals surface area contributed by atoms with E-state index < -0.39 is 0 Å². The van der Waals surface area contributed by atoms with Crippen LogP contribution < -0.4 is 5.73 Å². The van der Waals surface area contributed by atoms with Crippen LogP contribution in [0.3, 0.4) is 0 Å². The number of carbonyl (C=O) groups excluding carboxylic acids is 1. The number of rotatable bonds is 1. The highest BCUT2D eigenvalue weighted by atomic mass is 79.9. The molecule has 0 atom stereocenters. The van der Waals surface area contributed by atoms with Crippen molar-refractivity contribution in [1.82, 2.24) is 19.3 Å². The minimum atomic E-state index is -0.336. The molecule has 1 aliphatic rings. The summed E-state index contributed by atoms with van der Waals surface area (Å²) < 4.78 is 2.92. The number of primary amides is 1. The van der Waals surface area contributed by atoms with Gasteiger partial charge in [0.1, 0.15) is 15.9 Å². The molecule has 8 heteroatoms. The summed E-state index contributed by atoms with van der Waals surface area (Å²) in [4.78, 5) is 21.8. The Morgan fingerprint density at radius 1 is 1.41 bits per heavy atom. The second-order valence-electron chi connectivity index (χ2n) is 5.09. The van der Waals surface area contributed by atoms with Crippen molar-refractivity contribution in [2.75, 3.05) is 20.2 Å². The van der Waals surface area contributed by atoms with Crippen molar-refractivity contribution in [3.05, 3.63) is 28.5 Å². The van der Waals surface area contributed by atoms with Crippen molar-refractivity contribution in [2.45, 2.75) is 25.7 Å². The molecule has 0 bridgehead atoms. The molecule has 22 heavy (non-hydrogen) atoms. The van der Waals surface area contributed by atoms with Crippen LogP contribution in [-0.4, -0.2) is 50.6 Å². The fourth-order valence-electron chi connectivity index (χ4n) is 2.81. The van der Waals surface area contributed by atoms with Gasteiger partial charge in [0.2, 0.25) is 0 Å². The van der Waals surface area contributed by atoms with E-state index in [-0.39, 0.29) is 6.03 Å². The zero-order valence-electron chi connectivity index (χ0n) is 12.7. The fourth-order valence-corrected chi connectivity index (χ4v) is 3.47. The number of fused-ring (bicyclic) bond motifs is 1. The second-order valence-corrected chi connectivity index (χ2v) is 5.84. The number of carbonyl (C=O) groups is 1. The van der Waals surface area contributed by atoms with Gasteiger partial charge in [-0.15, -0.1) is 0 Å². The van der Waals surface area contributed by atoms with Crippen LogP contribution in [0, 0.1) is 6.92 Å². The van der Waals surface area contributed by atoms with Crippen LogP contribution >= 0.6 is 15.9 Å². The first-order chi connectivity index (χ1) is 10.6. The number of aromatic nitrogens is 3. The number of halogens is 1. The Kier molecular flexibility index (Phi) is 5.36. The van der Waals surface area contributed by atoms with E-state index in [1.54, 1.807) is 11.1 Å². The number of nitrogens with zero attached hydrogens (tertiary/aromatic N) is 4. The monoisotopic (exact) mass is 369 g/mol. The Balaban J connectivity index is 0.000000847. The van der Waals surface area contributed by atoms with Crippen LogP contribution in [-0.2, 0) is 0 Å². The number of nitrogens with two attached hydrogens (primary N) is 1. The van der Waals surface area contributed by atoms with Crippen LogP contribution in [0.1, 0.15) is 30.3 Å². The molecule has 0 aromatic carbocycles. The lowest BCUT2D eigenvalue weighted by Crippen LogP contribution is -2.41. The highest BCUT2D eigenvalue weighted by molar-refractivity contribution is 9.10. The summed E-state index contributed by atoms with van der Waals surface area (Å²) in [6, 6.07) is -0.336. The van der Waals surface area contributed by atoms with Crippen molar-refractivity contribution in [1.29, 1.82) is 0 Å². The Labute approximate surface area is 137 Å². The van der Waals surface area contributed by atoms with Crippen molar-refractivity contribution in [3.8, 4) is 0 Å². The molecule has 0 saturated carbocycles. The van der Waals surface area contributed by atoms with Crippen LogP contribution in [0.2, 0.25) is 0 Å². The molecule has 3 rings (SSSR count). The largest absolute Gasteiger partial charge is 0.400 e. The summed E-state index contributed by atoms with van der Waals surface area (Å²) in [5.41, 5.74) is 7.28. The highest BCUT2D eigenvalue weighted by Gasteiger charge is 2.26. The first kappa shape index (κ1) is 16.7. The number of hydrogen-bond acceptors (Lipinski definition) is 4. The van der Waals surface area contributed by atoms with E-state index in [1.165, 1.54) is 0 Å². The molecule has 7 nitrogen and oxygen atoms in total. The topological polar surface area (TPSA) is 96.8 Å². The predicted molar refractivity (Wildman–Crippen MR) is 86.7 cm³/mol. The Hall–Kier alpha value is -1.67. The number of amides is 2. The maximum Gasteiger partial charge on any atom is 0.314 e. The lowest BCUT2D eigenvalue weighted by atomic mass is 9.96. The average Bonchev–Trinajstić information content (AvgIpc) is 2.88. The molecule has 120 valence electrons. The summed E-state index contributed by atoms with van der Waals surface area (Å²) in [6.07, 6.45) is 5.50. The van der Waals surface area contributed by atoms with Crippen LogP contribution in [0.25, 0.3) is 5.52 Å². The van der Waals surface area contributed by atoms with Gasteiger partial charge in [0.05, 0.1) is 5.69 Å². The summed E-state index contributed by atoms with van der Waals surface area (Å²) in [6.45, 7) is 3.36. The van der Waals surface area contributed by atoms with Crippen LogP contribution in [0.15, 0.2) is 17.0 Å². The molecule has 3 N–H and O–H groups in total. The van der Waals surface area contributed by atoms with E-state index in [0.717, 1.165) is 41.6 Å². The van der Waals surface area contributed by atoms with E-state index >= 15 is 0 Å². The average molecular weight is 370 g/mol. The van der Waals surface area contributed by atoms with E-state index in [0.29, 0.717) is 19.0 Å².